The standard InChI is InChI=1S/C18H18ClN3OS/c1-2-10-20-18(24)22-21-12-15-11-16(19)8-9-17(15)23-13-14-6-4-3-5-7-14/h2-9,11-12H,1,10,13H2,(H2,20,22,24)/b21-12+. The molecular formula is C18H18ClN3OS. The molecule has 0 unspecified atom stereocenters. The van der Waals surface area contributed by atoms with Crippen LogP contribution < -0.4 is 15.5 Å². The van der Waals surface area contributed by atoms with E-state index in [1.165, 1.54) is 0 Å². The summed E-state index contributed by atoms with van der Waals surface area (Å²) in [7, 11) is 0. The second-order valence-corrected chi connectivity index (χ2v) is 5.67. The largest absolute Gasteiger partial charge is 0.488 e. The highest BCUT2D eigenvalue weighted by Gasteiger charge is 2.04. The normalized spacial score (nSPS) is 10.4. The number of hydrazone groups is 1. The Balaban J connectivity index is 2.01. The van der Waals surface area contributed by atoms with Crippen LogP contribution in [0, 0.1) is 0 Å². The molecule has 0 saturated carbocycles. The Hall–Kier alpha value is -2.37. The third kappa shape index (κ3) is 6.02. The van der Waals surface area contributed by atoms with Crippen molar-refractivity contribution in [2.24, 2.45) is 5.10 Å². The molecule has 24 heavy (non-hydrogen) atoms. The number of benzene rings is 2. The zero-order valence-electron chi connectivity index (χ0n) is 13.0. The van der Waals surface area contributed by atoms with Gasteiger partial charge in [0.05, 0.1) is 6.21 Å². The zero-order valence-corrected chi connectivity index (χ0v) is 14.6. The number of halogens is 1. The fourth-order valence-electron chi connectivity index (χ4n) is 1.85. The molecule has 2 N–H and O–H groups in total. The van der Waals surface area contributed by atoms with E-state index in [4.69, 9.17) is 28.6 Å². The van der Waals surface area contributed by atoms with E-state index in [0.717, 1.165) is 11.1 Å². The first-order valence-electron chi connectivity index (χ1n) is 7.33. The van der Waals surface area contributed by atoms with E-state index in [2.05, 4.69) is 22.4 Å². The molecule has 0 bridgehead atoms. The van der Waals surface area contributed by atoms with Gasteiger partial charge in [-0.1, -0.05) is 48.0 Å². The van der Waals surface area contributed by atoms with Gasteiger partial charge in [0.25, 0.3) is 0 Å². The lowest BCUT2D eigenvalue weighted by Gasteiger charge is -2.10. The van der Waals surface area contributed by atoms with Gasteiger partial charge >= 0.3 is 0 Å². The maximum Gasteiger partial charge on any atom is 0.187 e. The van der Waals surface area contributed by atoms with E-state index < -0.39 is 0 Å². The molecule has 0 aliphatic carbocycles. The zero-order chi connectivity index (χ0) is 17.2. The van der Waals surface area contributed by atoms with Crippen molar-refractivity contribution in [3.8, 4) is 5.75 Å². The highest BCUT2D eigenvalue weighted by atomic mass is 35.5. The molecule has 2 aromatic rings. The molecule has 2 rings (SSSR count). The average molecular weight is 360 g/mol. The van der Waals surface area contributed by atoms with Crippen molar-refractivity contribution in [3.05, 3.63) is 77.3 Å². The van der Waals surface area contributed by atoms with E-state index in [9.17, 15) is 0 Å². The van der Waals surface area contributed by atoms with Crippen molar-refractivity contribution < 1.29 is 4.74 Å². The van der Waals surface area contributed by atoms with E-state index >= 15 is 0 Å². The van der Waals surface area contributed by atoms with Crippen molar-refractivity contribution in [2.75, 3.05) is 6.54 Å². The molecule has 0 radical (unpaired) electrons. The van der Waals surface area contributed by atoms with Crippen LogP contribution >= 0.6 is 23.8 Å². The van der Waals surface area contributed by atoms with Crippen molar-refractivity contribution in [1.82, 2.24) is 10.7 Å². The fraction of sp³-hybridized carbons (Fsp3) is 0.111. The first-order chi connectivity index (χ1) is 11.7. The number of nitrogens with zero attached hydrogens (tertiary/aromatic N) is 1. The Kier molecular flexibility index (Phi) is 7.26. The SMILES string of the molecule is C=CCNC(=S)N/N=C/c1cc(Cl)ccc1OCc1ccccc1. The lowest BCUT2D eigenvalue weighted by atomic mass is 10.2. The maximum absolute atomic E-state index is 6.06. The molecule has 0 aromatic heterocycles. The van der Waals surface area contributed by atoms with Crippen LogP contribution in [-0.2, 0) is 6.61 Å². The average Bonchev–Trinajstić information content (AvgIpc) is 2.60. The summed E-state index contributed by atoms with van der Waals surface area (Å²) in [5, 5.41) is 8.05. The number of hydrogen-bond donors (Lipinski definition) is 2. The van der Waals surface area contributed by atoms with Crippen LogP contribution in [0.3, 0.4) is 0 Å². The maximum atomic E-state index is 6.06. The van der Waals surface area contributed by atoms with Crippen LogP contribution in [0.1, 0.15) is 11.1 Å². The Morgan fingerprint density at radius 2 is 2.04 bits per heavy atom. The molecule has 0 spiro atoms. The number of nitrogens with one attached hydrogen (secondary N) is 2. The monoisotopic (exact) mass is 359 g/mol. The molecule has 0 fully saturated rings. The minimum absolute atomic E-state index is 0.417. The van der Waals surface area contributed by atoms with Gasteiger partial charge in [-0.25, -0.2) is 0 Å². The van der Waals surface area contributed by atoms with Gasteiger partial charge in [-0.3, -0.25) is 5.43 Å². The highest BCUT2D eigenvalue weighted by Crippen LogP contribution is 2.22. The Labute approximate surface area is 152 Å². The molecule has 0 atom stereocenters. The quantitative estimate of drug-likeness (QED) is 0.340. The van der Waals surface area contributed by atoms with Crippen LogP contribution in [-0.4, -0.2) is 17.9 Å². The summed E-state index contributed by atoms with van der Waals surface area (Å²) in [6, 6.07) is 15.3. The lowest BCUT2D eigenvalue weighted by Crippen LogP contribution is -2.31. The molecule has 2 aromatic carbocycles. The molecule has 0 saturated heterocycles. The summed E-state index contributed by atoms with van der Waals surface area (Å²) >= 11 is 11.1. The third-order valence-corrected chi connectivity index (χ3v) is 3.46. The van der Waals surface area contributed by atoms with Crippen molar-refractivity contribution in [3.63, 3.8) is 0 Å². The number of rotatable bonds is 7. The minimum atomic E-state index is 0.417. The Morgan fingerprint density at radius 1 is 1.25 bits per heavy atom. The van der Waals surface area contributed by atoms with Crippen molar-refractivity contribution in [1.29, 1.82) is 0 Å². The van der Waals surface area contributed by atoms with Crippen LogP contribution in [0.15, 0.2) is 66.3 Å². The van der Waals surface area contributed by atoms with Gasteiger partial charge in [0, 0.05) is 17.1 Å². The molecule has 0 heterocycles. The number of ether oxygens (including phenoxy) is 1. The van der Waals surface area contributed by atoms with Gasteiger partial charge in [0.15, 0.2) is 5.11 Å². The predicted octanol–water partition coefficient (Wildman–Crippen LogP) is 3.90. The lowest BCUT2D eigenvalue weighted by molar-refractivity contribution is 0.306. The summed E-state index contributed by atoms with van der Waals surface area (Å²) in [6.45, 7) is 4.65. The van der Waals surface area contributed by atoms with E-state index in [-0.39, 0.29) is 0 Å². The van der Waals surface area contributed by atoms with Gasteiger partial charge in [-0.05, 0) is 36.0 Å². The fourth-order valence-corrected chi connectivity index (χ4v) is 2.17. The molecule has 0 amide bonds. The summed E-state index contributed by atoms with van der Waals surface area (Å²) in [5.74, 6) is 0.693. The van der Waals surface area contributed by atoms with Crippen molar-refractivity contribution in [2.45, 2.75) is 6.61 Å². The second-order valence-electron chi connectivity index (χ2n) is 4.83. The van der Waals surface area contributed by atoms with Gasteiger partial charge in [-0.15, -0.1) is 6.58 Å². The summed E-state index contributed by atoms with van der Waals surface area (Å²) in [6.07, 6.45) is 3.33. The molecule has 0 aliphatic rings. The van der Waals surface area contributed by atoms with Gasteiger partial charge in [0.2, 0.25) is 0 Å². The minimum Gasteiger partial charge on any atom is -0.488 e. The van der Waals surface area contributed by atoms with E-state index in [0.29, 0.717) is 29.0 Å². The number of thiocarbonyl (C=S) groups is 1. The van der Waals surface area contributed by atoms with Crippen LogP contribution in [0.2, 0.25) is 5.02 Å². The van der Waals surface area contributed by atoms with E-state index in [1.54, 1.807) is 24.4 Å². The topological polar surface area (TPSA) is 45.7 Å². The summed E-state index contributed by atoms with van der Waals surface area (Å²) in [4.78, 5) is 0. The van der Waals surface area contributed by atoms with E-state index in [1.807, 2.05) is 36.4 Å². The van der Waals surface area contributed by atoms with Gasteiger partial charge < -0.3 is 10.1 Å². The predicted molar refractivity (Wildman–Crippen MR) is 104 cm³/mol. The first kappa shape index (κ1) is 18.0. The third-order valence-electron chi connectivity index (χ3n) is 2.99. The highest BCUT2D eigenvalue weighted by molar-refractivity contribution is 7.80. The molecule has 124 valence electrons. The van der Waals surface area contributed by atoms with Gasteiger partial charge in [-0.2, -0.15) is 5.10 Å². The smallest absolute Gasteiger partial charge is 0.187 e. The van der Waals surface area contributed by atoms with Crippen LogP contribution in [0.25, 0.3) is 0 Å². The summed E-state index contributed by atoms with van der Waals surface area (Å²) < 4.78 is 5.86. The molecule has 6 heteroatoms. The Bertz CT molecular complexity index is 719. The Morgan fingerprint density at radius 3 is 2.79 bits per heavy atom. The molecule has 4 nitrogen and oxygen atoms in total. The second kappa shape index (κ2) is 9.70. The van der Waals surface area contributed by atoms with Gasteiger partial charge in [0.1, 0.15) is 12.4 Å². The summed E-state index contributed by atoms with van der Waals surface area (Å²) in [5.41, 5.74) is 4.58. The first-order valence-corrected chi connectivity index (χ1v) is 8.11. The molecule has 0 aliphatic heterocycles. The van der Waals surface area contributed by atoms with Crippen molar-refractivity contribution >= 4 is 35.1 Å². The number of hydrogen-bond acceptors (Lipinski definition) is 3. The van der Waals surface area contributed by atoms with Crippen LogP contribution in [0.4, 0.5) is 0 Å². The van der Waals surface area contributed by atoms with Crippen LogP contribution in [0.5, 0.6) is 5.75 Å². The molecular weight excluding hydrogens is 342 g/mol.